The van der Waals surface area contributed by atoms with E-state index in [0.29, 0.717) is 12.2 Å². The Kier molecular flexibility index (Phi) is 5.65. The lowest BCUT2D eigenvalue weighted by molar-refractivity contribution is -0.145. The first-order chi connectivity index (χ1) is 9.63. The fourth-order valence-corrected chi connectivity index (χ4v) is 2.69. The Morgan fingerprint density at radius 3 is 2.35 bits per heavy atom. The van der Waals surface area contributed by atoms with Crippen molar-refractivity contribution in [2.24, 2.45) is 5.92 Å². The van der Waals surface area contributed by atoms with Crippen LogP contribution in [0.15, 0.2) is 12.2 Å². The SMILES string of the molecule is CN1CC(=O)OB(C/C=C/C2CCCCC2)OC(=O)C1. The van der Waals surface area contributed by atoms with Gasteiger partial charge < -0.3 is 9.31 Å². The van der Waals surface area contributed by atoms with Gasteiger partial charge in [-0.25, -0.2) is 0 Å². The normalized spacial score (nSPS) is 23.4. The Hall–Kier alpha value is -1.30. The minimum atomic E-state index is -0.774. The van der Waals surface area contributed by atoms with Crippen LogP contribution >= 0.6 is 0 Å². The van der Waals surface area contributed by atoms with Gasteiger partial charge in [-0.15, -0.1) is 0 Å². The number of hydrogen-bond acceptors (Lipinski definition) is 5. The molecule has 0 aromatic carbocycles. The van der Waals surface area contributed by atoms with Crippen molar-refractivity contribution in [3.05, 3.63) is 12.2 Å². The summed E-state index contributed by atoms with van der Waals surface area (Å²) >= 11 is 0. The largest absolute Gasteiger partial charge is 0.602 e. The van der Waals surface area contributed by atoms with Gasteiger partial charge in [-0.05, 0) is 25.8 Å². The van der Waals surface area contributed by atoms with Crippen molar-refractivity contribution in [3.63, 3.8) is 0 Å². The summed E-state index contributed by atoms with van der Waals surface area (Å²) in [6.45, 7) is 0.246. The number of rotatable bonds is 3. The van der Waals surface area contributed by atoms with E-state index in [4.69, 9.17) is 9.31 Å². The van der Waals surface area contributed by atoms with Gasteiger partial charge >= 0.3 is 19.1 Å². The second-order valence-electron chi connectivity index (χ2n) is 5.64. The van der Waals surface area contributed by atoms with Crippen LogP contribution in [0.1, 0.15) is 32.1 Å². The number of hydrogen-bond donors (Lipinski definition) is 0. The third kappa shape index (κ3) is 5.00. The third-order valence-electron chi connectivity index (χ3n) is 3.71. The molecule has 20 heavy (non-hydrogen) atoms. The highest BCUT2D eigenvalue weighted by atomic mass is 16.6. The summed E-state index contributed by atoms with van der Waals surface area (Å²) in [5.41, 5.74) is 0. The van der Waals surface area contributed by atoms with Gasteiger partial charge in [0.2, 0.25) is 0 Å². The highest BCUT2D eigenvalue weighted by Crippen LogP contribution is 2.24. The molecule has 0 atom stereocenters. The van der Waals surface area contributed by atoms with E-state index < -0.39 is 7.12 Å². The molecule has 1 saturated heterocycles. The van der Waals surface area contributed by atoms with Gasteiger partial charge in [0, 0.05) is 6.32 Å². The van der Waals surface area contributed by atoms with Crippen molar-refractivity contribution in [2.45, 2.75) is 38.4 Å². The van der Waals surface area contributed by atoms with Crippen LogP contribution in [0.2, 0.25) is 6.32 Å². The number of allylic oxidation sites excluding steroid dienone is 2. The zero-order valence-electron chi connectivity index (χ0n) is 12.0. The van der Waals surface area contributed by atoms with E-state index in [1.165, 1.54) is 32.1 Å². The molecule has 0 spiro atoms. The van der Waals surface area contributed by atoms with Crippen LogP contribution in [0.4, 0.5) is 0 Å². The molecule has 1 heterocycles. The van der Waals surface area contributed by atoms with E-state index in [0.717, 1.165) is 0 Å². The van der Waals surface area contributed by atoms with E-state index in [-0.39, 0.29) is 25.0 Å². The van der Waals surface area contributed by atoms with Crippen LogP contribution in [0.3, 0.4) is 0 Å². The smallest absolute Gasteiger partial charge is 0.498 e. The van der Waals surface area contributed by atoms with E-state index in [1.807, 2.05) is 6.08 Å². The maximum atomic E-state index is 11.5. The molecule has 0 amide bonds. The molecular weight excluding hydrogens is 257 g/mol. The first-order valence-electron chi connectivity index (χ1n) is 7.37. The summed E-state index contributed by atoms with van der Waals surface area (Å²) < 4.78 is 10.3. The summed E-state index contributed by atoms with van der Waals surface area (Å²) in [6, 6.07) is 0. The summed E-state index contributed by atoms with van der Waals surface area (Å²) in [5, 5.41) is 0. The van der Waals surface area contributed by atoms with E-state index in [2.05, 4.69) is 6.08 Å². The lowest BCUT2D eigenvalue weighted by Crippen LogP contribution is -2.42. The Labute approximate surface area is 120 Å². The maximum Gasteiger partial charge on any atom is 0.602 e. The minimum absolute atomic E-state index is 0.123. The lowest BCUT2D eigenvalue weighted by Gasteiger charge is -2.22. The van der Waals surface area contributed by atoms with Crippen LogP contribution in [-0.4, -0.2) is 44.1 Å². The van der Waals surface area contributed by atoms with E-state index in [9.17, 15) is 9.59 Å². The van der Waals surface area contributed by atoms with Gasteiger partial charge in [0.1, 0.15) is 0 Å². The molecule has 2 aliphatic rings. The topological polar surface area (TPSA) is 55.8 Å². The second kappa shape index (κ2) is 7.48. The van der Waals surface area contributed by atoms with Gasteiger partial charge in [-0.1, -0.05) is 31.4 Å². The Morgan fingerprint density at radius 1 is 1.15 bits per heavy atom. The first-order valence-corrected chi connectivity index (χ1v) is 7.37. The zero-order valence-corrected chi connectivity index (χ0v) is 12.0. The van der Waals surface area contributed by atoms with Gasteiger partial charge in [0.05, 0.1) is 13.1 Å². The van der Waals surface area contributed by atoms with Crippen LogP contribution < -0.4 is 0 Å². The average molecular weight is 279 g/mol. The summed E-state index contributed by atoms with van der Waals surface area (Å²) in [4.78, 5) is 24.7. The molecule has 2 rings (SSSR count). The van der Waals surface area contributed by atoms with Crippen molar-refractivity contribution in [1.29, 1.82) is 0 Å². The Bertz CT molecular complexity index is 359. The molecule has 6 heteroatoms. The van der Waals surface area contributed by atoms with Crippen LogP contribution in [0.5, 0.6) is 0 Å². The molecule has 0 unspecified atom stereocenters. The lowest BCUT2D eigenvalue weighted by atomic mass is 9.82. The highest BCUT2D eigenvalue weighted by molar-refractivity contribution is 6.49. The number of carbonyl (C=O) groups is 2. The van der Waals surface area contributed by atoms with Gasteiger partial charge in [0.15, 0.2) is 0 Å². The summed E-state index contributed by atoms with van der Waals surface area (Å²) in [7, 11) is 0.912. The number of nitrogens with zero attached hydrogens (tertiary/aromatic N) is 1. The minimum Gasteiger partial charge on any atom is -0.498 e. The quantitative estimate of drug-likeness (QED) is 0.580. The third-order valence-corrected chi connectivity index (χ3v) is 3.71. The number of carbonyl (C=O) groups excluding carboxylic acids is 2. The zero-order chi connectivity index (χ0) is 14.4. The summed E-state index contributed by atoms with van der Waals surface area (Å²) in [6.07, 6.45) is 11.0. The molecule has 2 fully saturated rings. The summed E-state index contributed by atoms with van der Waals surface area (Å²) in [5.74, 6) is -0.0815. The monoisotopic (exact) mass is 279 g/mol. The molecule has 0 aromatic heterocycles. The van der Waals surface area contributed by atoms with Crippen LogP contribution in [-0.2, 0) is 18.9 Å². The molecule has 1 saturated carbocycles. The first kappa shape index (κ1) is 15.1. The molecule has 5 nitrogen and oxygen atoms in total. The molecular formula is C14H22BNO4. The maximum absolute atomic E-state index is 11.5. The Morgan fingerprint density at radius 2 is 1.75 bits per heavy atom. The predicted octanol–water partition coefficient (Wildman–Crippen LogP) is 1.64. The van der Waals surface area contributed by atoms with E-state index in [1.54, 1.807) is 11.9 Å². The standard InChI is InChI=1S/C14H22BNO4/c1-16-10-13(17)19-15(20-14(18)11-16)9-5-8-12-6-3-2-4-7-12/h5,8,12H,2-4,6-7,9-11H2,1H3/b8-5+. The average Bonchev–Trinajstić information content (AvgIpc) is 2.37. The van der Waals surface area contributed by atoms with Gasteiger partial charge in [-0.2, -0.15) is 0 Å². The van der Waals surface area contributed by atoms with Crippen LogP contribution in [0, 0.1) is 5.92 Å². The van der Waals surface area contributed by atoms with Crippen LogP contribution in [0.25, 0.3) is 0 Å². The Balaban J connectivity index is 1.82. The molecule has 0 aromatic rings. The van der Waals surface area contributed by atoms with Crippen molar-refractivity contribution < 1.29 is 18.9 Å². The highest BCUT2D eigenvalue weighted by Gasteiger charge is 2.30. The molecule has 110 valence electrons. The molecule has 0 N–H and O–H groups in total. The van der Waals surface area contributed by atoms with Crippen molar-refractivity contribution in [2.75, 3.05) is 20.1 Å². The fraction of sp³-hybridized carbons (Fsp3) is 0.714. The van der Waals surface area contributed by atoms with Crippen molar-refractivity contribution in [3.8, 4) is 0 Å². The van der Waals surface area contributed by atoms with Gasteiger partial charge in [0.25, 0.3) is 0 Å². The number of likely N-dealkylation sites (N-methyl/N-ethyl adjacent to an activating group) is 1. The van der Waals surface area contributed by atoms with Crippen molar-refractivity contribution >= 4 is 19.1 Å². The van der Waals surface area contributed by atoms with Crippen molar-refractivity contribution in [1.82, 2.24) is 4.90 Å². The van der Waals surface area contributed by atoms with Gasteiger partial charge in [-0.3, -0.25) is 14.5 Å². The molecule has 0 bridgehead atoms. The molecule has 1 aliphatic heterocycles. The molecule has 0 radical (unpaired) electrons. The van der Waals surface area contributed by atoms with E-state index >= 15 is 0 Å². The predicted molar refractivity (Wildman–Crippen MR) is 76.0 cm³/mol. The molecule has 1 aliphatic carbocycles. The second-order valence-corrected chi connectivity index (χ2v) is 5.64. The fourth-order valence-electron chi connectivity index (χ4n) is 2.69.